The van der Waals surface area contributed by atoms with E-state index in [0.717, 1.165) is 41.7 Å². The Labute approximate surface area is 251 Å². The molecule has 44 heavy (non-hydrogen) atoms. The molecule has 1 atom stereocenters. The van der Waals surface area contributed by atoms with Crippen LogP contribution >= 0.6 is 0 Å². The molecule has 2 fully saturated rings. The summed E-state index contributed by atoms with van der Waals surface area (Å²) in [5, 5.41) is 3.26. The number of ketones is 2. The number of carbonyl (C=O) groups is 4. The van der Waals surface area contributed by atoms with Gasteiger partial charge in [-0.2, -0.15) is 13.2 Å². The van der Waals surface area contributed by atoms with Gasteiger partial charge in [-0.1, -0.05) is 30.3 Å². The summed E-state index contributed by atoms with van der Waals surface area (Å²) in [5.41, 5.74) is 2.86. The molecule has 2 amide bonds. The molecule has 1 unspecified atom stereocenters. The quantitative estimate of drug-likeness (QED) is 0.314. The Bertz CT molecular complexity index is 1600. The molecule has 1 N–H and O–H groups in total. The van der Waals surface area contributed by atoms with Crippen molar-refractivity contribution in [2.45, 2.75) is 44.6 Å². The van der Waals surface area contributed by atoms with Crippen LogP contribution in [0.25, 0.3) is 0 Å². The Morgan fingerprint density at radius 3 is 2.25 bits per heavy atom. The number of fused-ring (bicyclic) bond motifs is 1. The largest absolute Gasteiger partial charge is 0.433 e. The number of hydrogen-bond donors (Lipinski definition) is 1. The van der Waals surface area contributed by atoms with Crippen molar-refractivity contribution >= 4 is 34.8 Å². The van der Waals surface area contributed by atoms with E-state index in [1.54, 1.807) is 18.2 Å². The second-order valence-electron chi connectivity index (χ2n) is 11.3. The normalized spacial score (nSPS) is 19.5. The van der Waals surface area contributed by atoms with E-state index in [2.05, 4.69) is 15.2 Å². The van der Waals surface area contributed by atoms with Gasteiger partial charge in [-0.3, -0.25) is 29.0 Å². The monoisotopic (exact) mass is 605 g/mol. The molecule has 3 aromatic rings. The molecule has 1 saturated heterocycles. The van der Waals surface area contributed by atoms with Crippen LogP contribution in [0.3, 0.4) is 0 Å². The summed E-state index contributed by atoms with van der Waals surface area (Å²) in [6, 6.07) is 14.6. The molecule has 1 aliphatic carbocycles. The SMILES string of the molecule is O=C1CCC(N2C(=O)c3cccc(NCc4ccc(CN5CCN(c6ccc(C(F)(F)F)nc6)CC5)cc4)c3C2=O)C(=O)C1. The van der Waals surface area contributed by atoms with Crippen LogP contribution in [0.5, 0.6) is 0 Å². The lowest BCUT2D eigenvalue weighted by molar-refractivity contribution is -0.141. The lowest BCUT2D eigenvalue weighted by Gasteiger charge is -2.36. The van der Waals surface area contributed by atoms with Gasteiger partial charge in [0, 0.05) is 51.4 Å². The molecule has 0 bridgehead atoms. The standard InChI is InChI=1S/C32H30F3N5O4/c33-32(34,35)28-11-8-22(18-37-28)39-14-12-38(13-15-39)19-21-6-4-20(5-7-21)17-36-25-3-1-2-24-29(25)31(44)40(30(24)43)26-10-9-23(41)16-27(26)42/h1-8,11,18,26,36H,9-10,12-17,19H2. The fraction of sp³-hybridized carbons (Fsp3) is 0.344. The molecule has 0 spiro atoms. The number of amides is 2. The molecule has 3 aliphatic rings. The van der Waals surface area contributed by atoms with Crippen molar-refractivity contribution < 1.29 is 32.3 Å². The number of carbonyl (C=O) groups excluding carboxylic acids is 4. The summed E-state index contributed by atoms with van der Waals surface area (Å²) in [7, 11) is 0. The maximum atomic E-state index is 13.3. The van der Waals surface area contributed by atoms with E-state index in [-0.39, 0.29) is 36.2 Å². The van der Waals surface area contributed by atoms with Crippen molar-refractivity contribution in [2.75, 3.05) is 36.4 Å². The fourth-order valence-electron chi connectivity index (χ4n) is 5.99. The molecular weight excluding hydrogens is 575 g/mol. The third-order valence-electron chi connectivity index (χ3n) is 8.39. The zero-order valence-electron chi connectivity index (χ0n) is 23.8. The van der Waals surface area contributed by atoms with Gasteiger partial charge in [-0.05, 0) is 41.8 Å². The first-order valence-electron chi connectivity index (χ1n) is 14.5. The van der Waals surface area contributed by atoms with Crippen molar-refractivity contribution in [1.82, 2.24) is 14.8 Å². The summed E-state index contributed by atoms with van der Waals surface area (Å²) in [6.45, 7) is 4.03. The van der Waals surface area contributed by atoms with Crippen LogP contribution < -0.4 is 10.2 Å². The molecular formula is C32H30F3N5O4. The van der Waals surface area contributed by atoms with Crippen LogP contribution in [0, 0.1) is 0 Å². The first-order valence-corrected chi connectivity index (χ1v) is 14.5. The van der Waals surface area contributed by atoms with E-state index in [1.807, 2.05) is 29.2 Å². The van der Waals surface area contributed by atoms with Gasteiger partial charge in [0.05, 0.1) is 35.5 Å². The maximum absolute atomic E-state index is 13.3. The van der Waals surface area contributed by atoms with Crippen LogP contribution in [0.15, 0.2) is 60.8 Å². The number of anilines is 2. The minimum atomic E-state index is -4.45. The van der Waals surface area contributed by atoms with Gasteiger partial charge in [-0.15, -0.1) is 0 Å². The molecule has 2 aromatic carbocycles. The van der Waals surface area contributed by atoms with Gasteiger partial charge < -0.3 is 10.2 Å². The van der Waals surface area contributed by atoms with Crippen LogP contribution in [-0.2, 0) is 28.9 Å². The third-order valence-corrected chi connectivity index (χ3v) is 8.39. The highest BCUT2D eigenvalue weighted by Gasteiger charge is 2.45. The van der Waals surface area contributed by atoms with E-state index >= 15 is 0 Å². The number of rotatable bonds is 7. The predicted molar refractivity (Wildman–Crippen MR) is 155 cm³/mol. The van der Waals surface area contributed by atoms with Crippen molar-refractivity contribution in [3.05, 3.63) is 88.7 Å². The molecule has 3 heterocycles. The number of benzene rings is 2. The van der Waals surface area contributed by atoms with Gasteiger partial charge in [-0.25, -0.2) is 4.98 Å². The average Bonchev–Trinajstić information content (AvgIpc) is 3.26. The summed E-state index contributed by atoms with van der Waals surface area (Å²) < 4.78 is 38.4. The Hall–Kier alpha value is -4.58. The first kappa shape index (κ1) is 29.5. The molecule has 1 aromatic heterocycles. The van der Waals surface area contributed by atoms with E-state index < -0.39 is 35.5 Å². The minimum absolute atomic E-state index is 0.157. The molecule has 9 nitrogen and oxygen atoms in total. The third kappa shape index (κ3) is 5.94. The van der Waals surface area contributed by atoms with Gasteiger partial charge in [0.25, 0.3) is 11.8 Å². The molecule has 12 heteroatoms. The van der Waals surface area contributed by atoms with Crippen molar-refractivity contribution in [1.29, 1.82) is 0 Å². The number of alkyl halides is 3. The van der Waals surface area contributed by atoms with E-state index in [1.165, 1.54) is 12.3 Å². The molecule has 0 radical (unpaired) electrons. The van der Waals surface area contributed by atoms with Gasteiger partial charge in [0.1, 0.15) is 11.5 Å². The highest BCUT2D eigenvalue weighted by molar-refractivity contribution is 6.25. The number of hydrogen-bond acceptors (Lipinski definition) is 8. The molecule has 6 rings (SSSR count). The highest BCUT2D eigenvalue weighted by Crippen LogP contribution is 2.33. The summed E-state index contributed by atoms with van der Waals surface area (Å²) in [4.78, 5) is 59.4. The number of Topliss-reactive ketones (excluding diaryl/α,β-unsaturated/α-hetero) is 2. The van der Waals surface area contributed by atoms with E-state index in [0.29, 0.717) is 31.0 Å². The zero-order valence-corrected chi connectivity index (χ0v) is 23.8. The Morgan fingerprint density at radius 2 is 1.59 bits per heavy atom. The summed E-state index contributed by atoms with van der Waals surface area (Å²) in [6.07, 6.45) is -3.10. The number of halogens is 3. The van der Waals surface area contributed by atoms with E-state index in [4.69, 9.17) is 0 Å². The predicted octanol–water partition coefficient (Wildman–Crippen LogP) is 4.32. The lowest BCUT2D eigenvalue weighted by atomic mass is 9.92. The van der Waals surface area contributed by atoms with Crippen molar-refractivity contribution in [2.24, 2.45) is 0 Å². The molecule has 1 saturated carbocycles. The van der Waals surface area contributed by atoms with Crippen LogP contribution in [0.1, 0.15) is 56.8 Å². The number of nitrogens with zero attached hydrogens (tertiary/aromatic N) is 4. The number of piperazine rings is 1. The van der Waals surface area contributed by atoms with Crippen LogP contribution in [0.2, 0.25) is 0 Å². The Morgan fingerprint density at radius 1 is 0.864 bits per heavy atom. The van der Waals surface area contributed by atoms with Crippen molar-refractivity contribution in [3.63, 3.8) is 0 Å². The summed E-state index contributed by atoms with van der Waals surface area (Å²) >= 11 is 0. The Balaban J connectivity index is 1.03. The number of aromatic nitrogens is 1. The first-order chi connectivity index (χ1) is 21.1. The van der Waals surface area contributed by atoms with Crippen molar-refractivity contribution in [3.8, 4) is 0 Å². The molecule has 228 valence electrons. The zero-order chi connectivity index (χ0) is 31.0. The van der Waals surface area contributed by atoms with Gasteiger partial charge in [0.15, 0.2) is 5.78 Å². The maximum Gasteiger partial charge on any atom is 0.433 e. The second-order valence-corrected chi connectivity index (χ2v) is 11.3. The highest BCUT2D eigenvalue weighted by atomic mass is 19.4. The fourth-order valence-corrected chi connectivity index (χ4v) is 5.99. The lowest BCUT2D eigenvalue weighted by Crippen LogP contribution is -2.47. The van der Waals surface area contributed by atoms with E-state index in [9.17, 15) is 32.3 Å². The minimum Gasteiger partial charge on any atom is -0.380 e. The van der Waals surface area contributed by atoms with Crippen LogP contribution in [-0.4, -0.2) is 70.4 Å². The number of nitrogens with one attached hydrogen (secondary N) is 1. The topological polar surface area (TPSA) is 103 Å². The smallest absolute Gasteiger partial charge is 0.380 e. The number of imide groups is 1. The van der Waals surface area contributed by atoms with Gasteiger partial charge in [0.2, 0.25) is 0 Å². The second kappa shape index (κ2) is 11.8. The number of pyridine rings is 1. The molecule has 2 aliphatic heterocycles. The Kier molecular flexibility index (Phi) is 7.93. The summed E-state index contributed by atoms with van der Waals surface area (Å²) in [5.74, 6) is -1.61. The average molecular weight is 606 g/mol. The van der Waals surface area contributed by atoms with Gasteiger partial charge >= 0.3 is 6.18 Å². The van der Waals surface area contributed by atoms with Crippen LogP contribution in [0.4, 0.5) is 24.5 Å².